The average Bonchev–Trinajstić information content (AvgIpc) is 3.42. The van der Waals surface area contributed by atoms with E-state index in [4.69, 9.17) is 4.74 Å². The quantitative estimate of drug-likeness (QED) is 0.836. The summed E-state index contributed by atoms with van der Waals surface area (Å²) >= 11 is 0. The van der Waals surface area contributed by atoms with E-state index in [1.54, 1.807) is 7.11 Å². The third-order valence-corrected chi connectivity index (χ3v) is 5.67. The van der Waals surface area contributed by atoms with Crippen LogP contribution in [-0.4, -0.2) is 19.6 Å². The molecule has 0 aliphatic heterocycles. The highest BCUT2D eigenvalue weighted by Gasteiger charge is 2.51. The number of ether oxygens (including phenoxy) is 1. The number of carbonyl (C=O) groups is 1. The molecule has 138 valence electrons. The lowest BCUT2D eigenvalue weighted by molar-refractivity contribution is -0.123. The molecule has 1 amide bonds. The van der Waals surface area contributed by atoms with Crippen LogP contribution < -0.4 is 10.1 Å². The second kappa shape index (κ2) is 6.79. The summed E-state index contributed by atoms with van der Waals surface area (Å²) in [6, 6.07) is 14.7. The second-order valence-electron chi connectivity index (χ2n) is 8.20. The maximum atomic E-state index is 13.0. The molecule has 3 heteroatoms. The first kappa shape index (κ1) is 18.5. The van der Waals surface area contributed by atoms with Gasteiger partial charge in [-0.1, -0.05) is 55.8 Å². The topological polar surface area (TPSA) is 38.3 Å². The van der Waals surface area contributed by atoms with Crippen LogP contribution in [0.4, 0.5) is 0 Å². The Morgan fingerprint density at radius 2 is 1.77 bits per heavy atom. The van der Waals surface area contributed by atoms with Crippen LogP contribution in [0, 0.1) is 13.8 Å². The molecule has 0 saturated heterocycles. The Bertz CT molecular complexity index is 801. The number of carbonyl (C=O) groups excluding carboxylic acids is 1. The Balaban J connectivity index is 1.72. The number of nitrogens with one attached hydrogen (secondary N) is 1. The Labute approximate surface area is 156 Å². The first-order valence-electron chi connectivity index (χ1n) is 9.29. The Kier molecular flexibility index (Phi) is 4.83. The Morgan fingerprint density at radius 3 is 2.35 bits per heavy atom. The van der Waals surface area contributed by atoms with Crippen molar-refractivity contribution >= 4 is 5.91 Å². The van der Waals surface area contributed by atoms with E-state index in [2.05, 4.69) is 56.4 Å². The van der Waals surface area contributed by atoms with Crippen LogP contribution in [0.3, 0.4) is 0 Å². The summed E-state index contributed by atoms with van der Waals surface area (Å²) < 4.78 is 5.44. The van der Waals surface area contributed by atoms with E-state index in [1.165, 1.54) is 11.1 Å². The van der Waals surface area contributed by atoms with Crippen molar-refractivity contribution in [3.05, 3.63) is 64.7 Å². The van der Waals surface area contributed by atoms with Crippen LogP contribution in [0.25, 0.3) is 0 Å². The lowest BCUT2D eigenvalue weighted by Crippen LogP contribution is -2.41. The van der Waals surface area contributed by atoms with Gasteiger partial charge in [0.25, 0.3) is 0 Å². The molecule has 2 aromatic rings. The third kappa shape index (κ3) is 3.48. The third-order valence-electron chi connectivity index (χ3n) is 5.67. The second-order valence-corrected chi connectivity index (χ2v) is 8.20. The molecular weight excluding hydrogens is 322 g/mol. The van der Waals surface area contributed by atoms with Gasteiger partial charge in [-0.3, -0.25) is 4.79 Å². The molecule has 1 N–H and O–H groups in total. The molecule has 0 atom stereocenters. The molecule has 3 nitrogen and oxygen atoms in total. The number of rotatable bonds is 6. The Morgan fingerprint density at radius 1 is 1.12 bits per heavy atom. The highest BCUT2D eigenvalue weighted by molar-refractivity contribution is 5.91. The van der Waals surface area contributed by atoms with Crippen molar-refractivity contribution in [3.8, 4) is 5.75 Å². The van der Waals surface area contributed by atoms with Gasteiger partial charge >= 0.3 is 0 Å². The van der Waals surface area contributed by atoms with Gasteiger partial charge in [0.1, 0.15) is 5.75 Å². The minimum absolute atomic E-state index is 0.107. The van der Waals surface area contributed by atoms with Crippen molar-refractivity contribution in [2.45, 2.75) is 51.4 Å². The molecule has 0 unspecified atom stereocenters. The van der Waals surface area contributed by atoms with Gasteiger partial charge in [0.05, 0.1) is 12.5 Å². The fourth-order valence-electron chi connectivity index (χ4n) is 3.47. The molecule has 0 aromatic heterocycles. The van der Waals surface area contributed by atoms with Crippen molar-refractivity contribution < 1.29 is 9.53 Å². The molecule has 3 rings (SSSR count). The van der Waals surface area contributed by atoms with E-state index in [9.17, 15) is 4.79 Å². The summed E-state index contributed by atoms with van der Waals surface area (Å²) in [4.78, 5) is 13.0. The molecule has 26 heavy (non-hydrogen) atoms. The van der Waals surface area contributed by atoms with E-state index >= 15 is 0 Å². The van der Waals surface area contributed by atoms with E-state index in [0.717, 1.165) is 29.7 Å². The molecule has 1 saturated carbocycles. The molecule has 0 radical (unpaired) electrons. The average molecular weight is 351 g/mol. The zero-order valence-corrected chi connectivity index (χ0v) is 16.5. The smallest absolute Gasteiger partial charge is 0.230 e. The molecule has 1 aliphatic carbocycles. The van der Waals surface area contributed by atoms with Gasteiger partial charge in [-0.25, -0.2) is 0 Å². The molecule has 2 aromatic carbocycles. The largest absolute Gasteiger partial charge is 0.496 e. The predicted molar refractivity (Wildman–Crippen MR) is 106 cm³/mol. The van der Waals surface area contributed by atoms with Gasteiger partial charge in [0, 0.05) is 12.0 Å². The van der Waals surface area contributed by atoms with Gasteiger partial charge in [-0.05, 0) is 49.4 Å². The van der Waals surface area contributed by atoms with Crippen LogP contribution in [0.5, 0.6) is 5.75 Å². The van der Waals surface area contributed by atoms with Crippen molar-refractivity contribution in [1.29, 1.82) is 0 Å². The molecule has 1 aliphatic rings. The molecule has 0 spiro atoms. The first-order chi connectivity index (χ1) is 12.3. The molecule has 0 heterocycles. The normalized spacial score (nSPS) is 15.4. The van der Waals surface area contributed by atoms with Crippen molar-refractivity contribution in [1.82, 2.24) is 5.32 Å². The Hall–Kier alpha value is -2.29. The highest BCUT2D eigenvalue weighted by atomic mass is 16.5. The zero-order valence-electron chi connectivity index (χ0n) is 16.5. The van der Waals surface area contributed by atoms with E-state index in [-0.39, 0.29) is 16.7 Å². The summed E-state index contributed by atoms with van der Waals surface area (Å²) in [5.41, 5.74) is 4.15. The van der Waals surface area contributed by atoms with E-state index < -0.39 is 0 Å². The maximum Gasteiger partial charge on any atom is 0.230 e. The first-order valence-corrected chi connectivity index (χ1v) is 9.29. The summed E-state index contributed by atoms with van der Waals surface area (Å²) in [5.74, 6) is 0.977. The van der Waals surface area contributed by atoms with Crippen LogP contribution in [0.15, 0.2) is 42.5 Å². The summed E-state index contributed by atoms with van der Waals surface area (Å²) in [5, 5.41) is 3.21. The van der Waals surface area contributed by atoms with Gasteiger partial charge in [-0.2, -0.15) is 0 Å². The standard InChI is InChI=1S/C23H29NO2/c1-16-6-9-18(10-7-16)22(3,4)15-24-21(25)23(12-13-23)19-11-8-17(2)20(14-19)26-5/h6-11,14H,12-13,15H2,1-5H3,(H,24,25). The number of hydrogen-bond donors (Lipinski definition) is 1. The van der Waals surface area contributed by atoms with Crippen molar-refractivity contribution in [2.75, 3.05) is 13.7 Å². The number of amides is 1. The van der Waals surface area contributed by atoms with Crippen LogP contribution in [0.1, 0.15) is 48.9 Å². The van der Waals surface area contributed by atoms with Gasteiger partial charge < -0.3 is 10.1 Å². The highest BCUT2D eigenvalue weighted by Crippen LogP contribution is 2.49. The van der Waals surface area contributed by atoms with Gasteiger partial charge in [-0.15, -0.1) is 0 Å². The lowest BCUT2D eigenvalue weighted by Gasteiger charge is -2.27. The maximum absolute atomic E-state index is 13.0. The van der Waals surface area contributed by atoms with Gasteiger partial charge in [0.2, 0.25) is 5.91 Å². The predicted octanol–water partition coefficient (Wildman–Crippen LogP) is 4.44. The monoisotopic (exact) mass is 351 g/mol. The lowest BCUT2D eigenvalue weighted by atomic mass is 9.84. The SMILES string of the molecule is COc1cc(C2(C(=O)NCC(C)(C)c3ccc(C)cc3)CC2)ccc1C. The molecule has 1 fully saturated rings. The van der Waals surface area contributed by atoms with E-state index in [0.29, 0.717) is 6.54 Å². The van der Waals surface area contributed by atoms with Crippen molar-refractivity contribution in [3.63, 3.8) is 0 Å². The van der Waals surface area contributed by atoms with Gasteiger partial charge in [0.15, 0.2) is 0 Å². The number of aryl methyl sites for hydroxylation is 2. The zero-order chi connectivity index (χ0) is 18.9. The number of benzene rings is 2. The van der Waals surface area contributed by atoms with Crippen LogP contribution in [-0.2, 0) is 15.6 Å². The molecular formula is C23H29NO2. The number of hydrogen-bond acceptors (Lipinski definition) is 2. The summed E-state index contributed by atoms with van der Waals surface area (Å²) in [6.45, 7) is 9.08. The van der Waals surface area contributed by atoms with Crippen LogP contribution in [0.2, 0.25) is 0 Å². The van der Waals surface area contributed by atoms with Crippen molar-refractivity contribution in [2.24, 2.45) is 0 Å². The number of methoxy groups -OCH3 is 1. The molecule has 0 bridgehead atoms. The van der Waals surface area contributed by atoms with Crippen LogP contribution >= 0.6 is 0 Å². The fraction of sp³-hybridized carbons (Fsp3) is 0.435. The summed E-state index contributed by atoms with van der Waals surface area (Å²) in [6.07, 6.45) is 1.80. The minimum Gasteiger partial charge on any atom is -0.496 e. The minimum atomic E-state index is -0.385. The van der Waals surface area contributed by atoms with E-state index in [1.807, 2.05) is 19.1 Å². The summed E-state index contributed by atoms with van der Waals surface area (Å²) in [7, 11) is 1.68. The fourth-order valence-corrected chi connectivity index (χ4v) is 3.47.